The summed E-state index contributed by atoms with van der Waals surface area (Å²) in [6, 6.07) is 6.43. The minimum atomic E-state index is 0.903. The fraction of sp³-hybridized carbons (Fsp3) is 0.357. The van der Waals surface area contributed by atoms with Crippen molar-refractivity contribution in [3.63, 3.8) is 0 Å². The van der Waals surface area contributed by atoms with Gasteiger partial charge in [-0.3, -0.25) is 4.68 Å². The quantitative estimate of drug-likeness (QED) is 0.857. The number of aryl methyl sites for hydroxylation is 2. The summed E-state index contributed by atoms with van der Waals surface area (Å²) in [6.45, 7) is 6.49. The van der Waals surface area contributed by atoms with Crippen LogP contribution in [-0.2, 0) is 7.05 Å². The summed E-state index contributed by atoms with van der Waals surface area (Å²) in [5.74, 6) is 0.903. The summed E-state index contributed by atoms with van der Waals surface area (Å²) in [6.07, 6.45) is 0. The van der Waals surface area contributed by atoms with E-state index in [-0.39, 0.29) is 0 Å². The number of benzene rings is 1. The summed E-state index contributed by atoms with van der Waals surface area (Å²) >= 11 is 0. The molecule has 0 fully saturated rings. The predicted octanol–water partition coefficient (Wildman–Crippen LogP) is 3.05. The van der Waals surface area contributed by atoms with Crippen LogP contribution in [0.1, 0.15) is 16.7 Å². The maximum atomic E-state index is 4.40. The van der Waals surface area contributed by atoms with Gasteiger partial charge in [0.1, 0.15) is 5.82 Å². The van der Waals surface area contributed by atoms with Gasteiger partial charge in [-0.1, -0.05) is 12.1 Å². The topological polar surface area (TPSA) is 29.9 Å². The molecule has 0 bridgehead atoms. The molecule has 1 N–H and O–H groups in total. The molecular formula is C14H19N3. The zero-order valence-electron chi connectivity index (χ0n) is 11.1. The van der Waals surface area contributed by atoms with Gasteiger partial charge in [0.25, 0.3) is 0 Å². The van der Waals surface area contributed by atoms with Crippen LogP contribution in [0.25, 0.3) is 11.3 Å². The van der Waals surface area contributed by atoms with Gasteiger partial charge in [0.05, 0.1) is 5.69 Å². The smallest absolute Gasteiger partial charge is 0.148 e. The normalized spacial score (nSPS) is 10.6. The molecule has 1 aromatic heterocycles. The van der Waals surface area contributed by atoms with Crippen LogP contribution >= 0.6 is 0 Å². The van der Waals surface area contributed by atoms with Crippen molar-refractivity contribution in [3.8, 4) is 11.3 Å². The van der Waals surface area contributed by atoms with Gasteiger partial charge >= 0.3 is 0 Å². The number of anilines is 1. The third-order valence-corrected chi connectivity index (χ3v) is 3.47. The van der Waals surface area contributed by atoms with Crippen molar-refractivity contribution < 1.29 is 0 Å². The third-order valence-electron chi connectivity index (χ3n) is 3.47. The number of hydrogen-bond donors (Lipinski definition) is 1. The average molecular weight is 229 g/mol. The first-order valence-corrected chi connectivity index (χ1v) is 5.83. The highest BCUT2D eigenvalue weighted by molar-refractivity contribution is 5.68. The lowest BCUT2D eigenvalue weighted by molar-refractivity contribution is 0.778. The van der Waals surface area contributed by atoms with Crippen LogP contribution in [0.4, 0.5) is 5.82 Å². The van der Waals surface area contributed by atoms with E-state index in [1.807, 2.05) is 18.8 Å². The van der Waals surface area contributed by atoms with Crippen molar-refractivity contribution in [3.05, 3.63) is 34.9 Å². The summed E-state index contributed by atoms with van der Waals surface area (Å²) in [4.78, 5) is 0. The maximum absolute atomic E-state index is 4.40. The van der Waals surface area contributed by atoms with Crippen LogP contribution in [0.15, 0.2) is 18.2 Å². The predicted molar refractivity (Wildman–Crippen MR) is 72.4 cm³/mol. The van der Waals surface area contributed by atoms with E-state index >= 15 is 0 Å². The summed E-state index contributed by atoms with van der Waals surface area (Å²) in [5.41, 5.74) is 6.42. The molecule has 0 spiro atoms. The highest BCUT2D eigenvalue weighted by Crippen LogP contribution is 2.28. The molecule has 1 aromatic carbocycles. The molecule has 0 aliphatic carbocycles. The van der Waals surface area contributed by atoms with E-state index < -0.39 is 0 Å². The fourth-order valence-corrected chi connectivity index (χ4v) is 2.08. The second-order valence-corrected chi connectivity index (χ2v) is 4.47. The van der Waals surface area contributed by atoms with Gasteiger partial charge in [-0.05, 0) is 37.5 Å². The van der Waals surface area contributed by atoms with Gasteiger partial charge in [0.2, 0.25) is 0 Å². The second-order valence-electron chi connectivity index (χ2n) is 4.47. The summed E-state index contributed by atoms with van der Waals surface area (Å²) < 4.78 is 1.92. The first-order valence-electron chi connectivity index (χ1n) is 5.83. The van der Waals surface area contributed by atoms with Gasteiger partial charge in [-0.15, -0.1) is 0 Å². The lowest BCUT2D eigenvalue weighted by Crippen LogP contribution is -1.97. The van der Waals surface area contributed by atoms with Crippen LogP contribution in [0, 0.1) is 20.8 Å². The third kappa shape index (κ3) is 1.93. The number of nitrogens with zero attached hydrogens (tertiary/aromatic N) is 2. The van der Waals surface area contributed by atoms with Gasteiger partial charge in [0, 0.05) is 25.7 Å². The van der Waals surface area contributed by atoms with Crippen molar-refractivity contribution in [1.29, 1.82) is 0 Å². The van der Waals surface area contributed by atoms with Gasteiger partial charge < -0.3 is 5.32 Å². The molecule has 3 heteroatoms. The van der Waals surface area contributed by atoms with Crippen LogP contribution < -0.4 is 5.32 Å². The standard InChI is InChI=1S/C14H19N3/c1-9-6-7-12(11(3)10(9)2)13-8-14(15-4)16-17(13)5/h6-8H,1-5H3,(H,15,16). The zero-order chi connectivity index (χ0) is 12.6. The van der Waals surface area contributed by atoms with E-state index in [0.717, 1.165) is 11.5 Å². The number of nitrogens with one attached hydrogen (secondary N) is 1. The second kappa shape index (κ2) is 4.24. The molecule has 17 heavy (non-hydrogen) atoms. The van der Waals surface area contributed by atoms with E-state index in [0.29, 0.717) is 0 Å². The Morgan fingerprint density at radius 2 is 1.82 bits per heavy atom. The molecule has 2 rings (SSSR count). The lowest BCUT2D eigenvalue weighted by Gasteiger charge is -2.11. The molecule has 90 valence electrons. The Morgan fingerprint density at radius 3 is 2.41 bits per heavy atom. The SMILES string of the molecule is CNc1cc(-c2ccc(C)c(C)c2C)n(C)n1. The first-order chi connectivity index (χ1) is 8.04. The fourth-order valence-electron chi connectivity index (χ4n) is 2.08. The van der Waals surface area contributed by atoms with Gasteiger partial charge in [-0.25, -0.2) is 0 Å². The largest absolute Gasteiger partial charge is 0.372 e. The molecule has 0 amide bonds. The highest BCUT2D eigenvalue weighted by atomic mass is 15.3. The first kappa shape index (κ1) is 11.7. The summed E-state index contributed by atoms with van der Waals surface area (Å²) in [5, 5.41) is 7.48. The van der Waals surface area contributed by atoms with E-state index in [1.54, 1.807) is 0 Å². The molecule has 0 saturated carbocycles. The van der Waals surface area contributed by atoms with E-state index in [2.05, 4.69) is 49.4 Å². The Hall–Kier alpha value is -1.77. The Kier molecular flexibility index (Phi) is 2.92. The Balaban J connectivity index is 2.60. The molecular weight excluding hydrogens is 210 g/mol. The van der Waals surface area contributed by atoms with Crippen LogP contribution in [0.3, 0.4) is 0 Å². The minimum absolute atomic E-state index is 0.903. The number of rotatable bonds is 2. The Morgan fingerprint density at radius 1 is 1.12 bits per heavy atom. The minimum Gasteiger partial charge on any atom is -0.372 e. The molecule has 1 heterocycles. The molecule has 2 aromatic rings. The zero-order valence-corrected chi connectivity index (χ0v) is 11.1. The van der Waals surface area contributed by atoms with Gasteiger partial charge in [-0.2, -0.15) is 5.10 Å². The number of hydrogen-bond acceptors (Lipinski definition) is 2. The monoisotopic (exact) mass is 229 g/mol. The molecule has 0 saturated heterocycles. The van der Waals surface area contributed by atoms with Crippen LogP contribution in [0.2, 0.25) is 0 Å². The van der Waals surface area contributed by atoms with Crippen LogP contribution in [0.5, 0.6) is 0 Å². The van der Waals surface area contributed by atoms with Crippen molar-refractivity contribution in [2.75, 3.05) is 12.4 Å². The van der Waals surface area contributed by atoms with Gasteiger partial charge in [0.15, 0.2) is 0 Å². The summed E-state index contributed by atoms with van der Waals surface area (Å²) in [7, 11) is 3.87. The molecule has 0 atom stereocenters. The van der Waals surface area contributed by atoms with E-state index in [1.165, 1.54) is 22.3 Å². The molecule has 0 aliphatic heterocycles. The molecule has 0 aliphatic rings. The van der Waals surface area contributed by atoms with Crippen molar-refractivity contribution in [2.45, 2.75) is 20.8 Å². The highest BCUT2D eigenvalue weighted by Gasteiger charge is 2.11. The van der Waals surface area contributed by atoms with Crippen LogP contribution in [-0.4, -0.2) is 16.8 Å². The van der Waals surface area contributed by atoms with Crippen molar-refractivity contribution >= 4 is 5.82 Å². The molecule has 0 unspecified atom stereocenters. The lowest BCUT2D eigenvalue weighted by atomic mass is 9.97. The maximum Gasteiger partial charge on any atom is 0.148 e. The van der Waals surface area contributed by atoms with E-state index in [9.17, 15) is 0 Å². The average Bonchev–Trinajstić information content (AvgIpc) is 2.68. The number of aromatic nitrogens is 2. The van der Waals surface area contributed by atoms with Crippen molar-refractivity contribution in [2.24, 2.45) is 7.05 Å². The Bertz CT molecular complexity index is 553. The van der Waals surface area contributed by atoms with E-state index in [4.69, 9.17) is 0 Å². The molecule has 3 nitrogen and oxygen atoms in total. The molecule has 0 radical (unpaired) electrons. The Labute approximate surface area is 102 Å². The van der Waals surface area contributed by atoms with Crippen molar-refractivity contribution in [1.82, 2.24) is 9.78 Å².